The van der Waals surface area contributed by atoms with Crippen molar-refractivity contribution in [2.45, 2.75) is 18.4 Å². The Hall–Kier alpha value is -1.99. The van der Waals surface area contributed by atoms with E-state index in [0.29, 0.717) is 42.5 Å². The molecule has 0 atom stereocenters. The Labute approximate surface area is 154 Å². The molecular weight excluding hydrogens is 336 g/mol. The topological polar surface area (TPSA) is 60.5 Å². The molecule has 0 radical (unpaired) electrons. The highest BCUT2D eigenvalue weighted by Gasteiger charge is 2.41. The minimum atomic E-state index is -0.232. The van der Waals surface area contributed by atoms with E-state index in [0.717, 1.165) is 25.9 Å². The number of hydrogen-bond acceptors (Lipinski definition) is 6. The van der Waals surface area contributed by atoms with Gasteiger partial charge in [-0.25, -0.2) is 0 Å². The van der Waals surface area contributed by atoms with Gasteiger partial charge in [-0.15, -0.1) is 0 Å². The van der Waals surface area contributed by atoms with Gasteiger partial charge in [0.15, 0.2) is 11.5 Å². The zero-order valence-corrected chi connectivity index (χ0v) is 16.0. The number of likely N-dealkylation sites (tertiary alicyclic amines) is 1. The molecule has 3 rings (SSSR count). The zero-order valence-electron chi connectivity index (χ0n) is 16.0. The van der Waals surface area contributed by atoms with E-state index in [2.05, 4.69) is 11.9 Å². The molecule has 2 fully saturated rings. The van der Waals surface area contributed by atoms with Crippen LogP contribution >= 0.6 is 0 Å². The van der Waals surface area contributed by atoms with E-state index in [9.17, 15) is 4.79 Å². The third kappa shape index (κ3) is 3.46. The standard InChI is InChI=1S/C19H28N2O5/c1-20-9-7-19(8-10-20)13-21(11-12-26-19)18(22)14-5-6-15(23-2)17(25-4)16(14)24-3/h5-6H,7-13H2,1-4H3. The SMILES string of the molecule is COc1ccc(C(=O)N2CCOC3(CCN(C)CC3)C2)c(OC)c1OC. The predicted molar refractivity (Wildman–Crippen MR) is 97.4 cm³/mol. The second kappa shape index (κ2) is 7.72. The molecule has 2 heterocycles. The fraction of sp³-hybridized carbons (Fsp3) is 0.632. The van der Waals surface area contributed by atoms with E-state index < -0.39 is 0 Å². The first kappa shape index (κ1) is 18.8. The van der Waals surface area contributed by atoms with Crippen molar-refractivity contribution in [2.24, 2.45) is 0 Å². The summed E-state index contributed by atoms with van der Waals surface area (Å²) in [5.41, 5.74) is 0.250. The van der Waals surface area contributed by atoms with Crippen LogP contribution in [0.1, 0.15) is 23.2 Å². The molecule has 0 aromatic heterocycles. The Kier molecular flexibility index (Phi) is 5.58. The van der Waals surface area contributed by atoms with Crippen LogP contribution in [0.25, 0.3) is 0 Å². The van der Waals surface area contributed by atoms with Crippen molar-refractivity contribution in [3.8, 4) is 17.2 Å². The normalized spacial score (nSPS) is 20.1. The molecule has 2 aliphatic rings. The second-order valence-corrected chi connectivity index (χ2v) is 6.94. The molecule has 7 nitrogen and oxygen atoms in total. The lowest BCUT2D eigenvalue weighted by molar-refractivity contribution is -0.125. The Morgan fingerprint density at radius 2 is 1.73 bits per heavy atom. The summed E-state index contributed by atoms with van der Waals surface area (Å²) in [5.74, 6) is 1.31. The highest BCUT2D eigenvalue weighted by Crippen LogP contribution is 2.40. The fourth-order valence-electron chi connectivity index (χ4n) is 3.79. The predicted octanol–water partition coefficient (Wildman–Crippen LogP) is 1.65. The van der Waals surface area contributed by atoms with E-state index in [1.165, 1.54) is 14.2 Å². The highest BCUT2D eigenvalue weighted by molar-refractivity contribution is 5.98. The summed E-state index contributed by atoms with van der Waals surface area (Å²) in [6.07, 6.45) is 1.88. The van der Waals surface area contributed by atoms with Gasteiger partial charge in [-0.1, -0.05) is 0 Å². The van der Waals surface area contributed by atoms with Gasteiger partial charge in [0.05, 0.1) is 45.6 Å². The summed E-state index contributed by atoms with van der Waals surface area (Å²) in [4.78, 5) is 17.4. The van der Waals surface area contributed by atoms with Gasteiger partial charge < -0.3 is 28.7 Å². The van der Waals surface area contributed by atoms with Crippen molar-refractivity contribution in [3.05, 3.63) is 17.7 Å². The van der Waals surface area contributed by atoms with Crippen LogP contribution in [0.4, 0.5) is 0 Å². The third-order valence-electron chi connectivity index (χ3n) is 5.37. The van der Waals surface area contributed by atoms with E-state index in [1.54, 1.807) is 19.2 Å². The van der Waals surface area contributed by atoms with E-state index in [4.69, 9.17) is 18.9 Å². The summed E-state index contributed by atoms with van der Waals surface area (Å²) < 4.78 is 22.3. The summed E-state index contributed by atoms with van der Waals surface area (Å²) in [6.45, 7) is 3.72. The maximum absolute atomic E-state index is 13.2. The Balaban J connectivity index is 1.85. The van der Waals surface area contributed by atoms with Crippen molar-refractivity contribution in [1.29, 1.82) is 0 Å². The van der Waals surface area contributed by atoms with Gasteiger partial charge in [0.2, 0.25) is 5.75 Å². The Bertz CT molecular complexity index is 656. The number of ether oxygens (including phenoxy) is 4. The minimum absolute atomic E-state index is 0.0654. The van der Waals surface area contributed by atoms with Crippen LogP contribution in [0.15, 0.2) is 12.1 Å². The van der Waals surface area contributed by atoms with Gasteiger partial charge in [-0.3, -0.25) is 4.79 Å². The smallest absolute Gasteiger partial charge is 0.257 e. The van der Waals surface area contributed by atoms with Gasteiger partial charge in [-0.2, -0.15) is 0 Å². The lowest BCUT2D eigenvalue weighted by Crippen LogP contribution is -2.57. The molecule has 26 heavy (non-hydrogen) atoms. The first-order chi connectivity index (χ1) is 12.5. The molecule has 0 unspecified atom stereocenters. The summed E-state index contributed by atoms with van der Waals surface area (Å²) in [5, 5.41) is 0. The number of nitrogens with zero attached hydrogens (tertiary/aromatic N) is 2. The molecule has 1 spiro atoms. The van der Waals surface area contributed by atoms with Crippen molar-refractivity contribution < 1.29 is 23.7 Å². The molecule has 0 bridgehead atoms. The molecule has 1 aromatic rings. The van der Waals surface area contributed by atoms with E-state index in [1.807, 2.05) is 4.90 Å². The van der Waals surface area contributed by atoms with Crippen molar-refractivity contribution in [1.82, 2.24) is 9.80 Å². The van der Waals surface area contributed by atoms with Crippen LogP contribution in [-0.2, 0) is 4.74 Å². The summed E-state index contributed by atoms with van der Waals surface area (Å²) in [7, 11) is 6.75. The number of morpholine rings is 1. The molecule has 0 aliphatic carbocycles. The van der Waals surface area contributed by atoms with E-state index >= 15 is 0 Å². The zero-order chi connectivity index (χ0) is 18.7. The first-order valence-corrected chi connectivity index (χ1v) is 8.94. The van der Waals surface area contributed by atoms with Crippen LogP contribution in [0.3, 0.4) is 0 Å². The maximum Gasteiger partial charge on any atom is 0.257 e. The number of carbonyl (C=O) groups excluding carboxylic acids is 1. The van der Waals surface area contributed by atoms with Crippen LogP contribution in [0.5, 0.6) is 17.2 Å². The van der Waals surface area contributed by atoms with Crippen LogP contribution < -0.4 is 14.2 Å². The lowest BCUT2D eigenvalue weighted by Gasteiger charge is -2.46. The average Bonchev–Trinajstić information content (AvgIpc) is 2.68. The summed E-state index contributed by atoms with van der Waals surface area (Å²) >= 11 is 0. The number of amides is 1. The molecule has 7 heteroatoms. The number of carbonyl (C=O) groups is 1. The maximum atomic E-state index is 13.2. The molecule has 144 valence electrons. The van der Waals surface area contributed by atoms with Gasteiger partial charge in [0.1, 0.15) is 0 Å². The number of piperidine rings is 1. The average molecular weight is 364 g/mol. The first-order valence-electron chi connectivity index (χ1n) is 8.94. The molecular formula is C19H28N2O5. The van der Waals surface area contributed by atoms with Crippen molar-refractivity contribution in [2.75, 3.05) is 61.2 Å². The Morgan fingerprint density at radius 1 is 1.04 bits per heavy atom. The van der Waals surface area contributed by atoms with Crippen molar-refractivity contribution in [3.63, 3.8) is 0 Å². The lowest BCUT2D eigenvalue weighted by atomic mass is 9.89. The van der Waals surface area contributed by atoms with Gasteiger partial charge in [-0.05, 0) is 32.0 Å². The second-order valence-electron chi connectivity index (χ2n) is 6.94. The molecule has 0 N–H and O–H groups in total. The van der Waals surface area contributed by atoms with E-state index in [-0.39, 0.29) is 11.5 Å². The largest absolute Gasteiger partial charge is 0.493 e. The fourth-order valence-corrected chi connectivity index (χ4v) is 3.79. The van der Waals surface area contributed by atoms with Crippen molar-refractivity contribution >= 4 is 5.91 Å². The monoisotopic (exact) mass is 364 g/mol. The van der Waals surface area contributed by atoms with Gasteiger partial charge in [0, 0.05) is 19.6 Å². The number of hydrogen-bond donors (Lipinski definition) is 0. The molecule has 2 aliphatic heterocycles. The highest BCUT2D eigenvalue weighted by atomic mass is 16.5. The Morgan fingerprint density at radius 3 is 2.35 bits per heavy atom. The van der Waals surface area contributed by atoms with Gasteiger partial charge in [0.25, 0.3) is 5.91 Å². The molecule has 0 saturated carbocycles. The van der Waals surface area contributed by atoms with Crippen LogP contribution in [0.2, 0.25) is 0 Å². The van der Waals surface area contributed by atoms with Gasteiger partial charge >= 0.3 is 0 Å². The molecule has 1 amide bonds. The summed E-state index contributed by atoms with van der Waals surface area (Å²) in [6, 6.07) is 3.47. The number of benzene rings is 1. The number of rotatable bonds is 4. The molecule has 2 saturated heterocycles. The quantitative estimate of drug-likeness (QED) is 0.810. The third-order valence-corrected chi connectivity index (χ3v) is 5.37. The molecule has 1 aromatic carbocycles. The van der Waals surface area contributed by atoms with Crippen LogP contribution in [-0.4, -0.2) is 82.5 Å². The minimum Gasteiger partial charge on any atom is -0.493 e. The number of methoxy groups -OCH3 is 3. The van der Waals surface area contributed by atoms with Crippen LogP contribution in [0, 0.1) is 0 Å².